The summed E-state index contributed by atoms with van der Waals surface area (Å²) in [4.78, 5) is 10.3. The molecule has 0 aromatic carbocycles. The van der Waals surface area contributed by atoms with Crippen LogP contribution in [0.4, 0.5) is 0 Å². The number of carbonyl (C=O) groups excluding carboxylic acids is 1. The fraction of sp³-hybridized carbons (Fsp3) is 0.571. The van der Waals surface area contributed by atoms with Gasteiger partial charge in [0.2, 0.25) is 0 Å². The Morgan fingerprint density at radius 2 is 2.44 bits per heavy atom. The monoisotopic (exact) mass is 140 g/mol. The molecular weight excluding hydrogens is 132 g/mol. The Balaban J connectivity index is 2.19. The maximum absolute atomic E-state index is 10.3. The highest BCUT2D eigenvalue weighted by molar-refractivity contribution is 8.01. The van der Waals surface area contributed by atoms with E-state index in [2.05, 4.69) is 12.2 Å². The number of fused-ring (bicyclic) bond motifs is 2. The van der Waals surface area contributed by atoms with Crippen LogP contribution in [0.2, 0.25) is 0 Å². The van der Waals surface area contributed by atoms with Gasteiger partial charge in [-0.1, -0.05) is 12.2 Å². The molecule has 0 aliphatic carbocycles. The smallest absolute Gasteiger partial charge is 0.124 e. The fourth-order valence-electron chi connectivity index (χ4n) is 1.44. The van der Waals surface area contributed by atoms with E-state index in [1.807, 2.05) is 11.8 Å². The highest BCUT2D eigenvalue weighted by Gasteiger charge is 2.35. The molecular formula is C7H8OS. The largest absolute Gasteiger partial charge is 0.303 e. The predicted molar refractivity (Wildman–Crippen MR) is 38.5 cm³/mol. The summed E-state index contributed by atoms with van der Waals surface area (Å²) in [6.07, 6.45) is 6.56. The zero-order chi connectivity index (χ0) is 6.27. The second kappa shape index (κ2) is 1.87. The van der Waals surface area contributed by atoms with E-state index in [0.717, 1.165) is 12.7 Å². The van der Waals surface area contributed by atoms with Gasteiger partial charge >= 0.3 is 0 Å². The van der Waals surface area contributed by atoms with Crippen molar-refractivity contribution >= 4 is 18.0 Å². The Bertz CT molecular complexity index is 164. The van der Waals surface area contributed by atoms with Crippen LogP contribution in [-0.4, -0.2) is 16.8 Å². The Morgan fingerprint density at radius 1 is 1.56 bits per heavy atom. The average molecular weight is 140 g/mol. The predicted octanol–water partition coefficient (Wildman–Crippen LogP) is 1.25. The first-order valence-electron chi connectivity index (χ1n) is 3.19. The molecule has 9 heavy (non-hydrogen) atoms. The van der Waals surface area contributed by atoms with Crippen LogP contribution in [0.15, 0.2) is 12.2 Å². The molecule has 2 heterocycles. The molecule has 0 saturated carbocycles. The molecule has 0 unspecified atom stereocenters. The summed E-state index contributed by atoms with van der Waals surface area (Å²) in [5.74, 6) is 0.324. The maximum Gasteiger partial charge on any atom is 0.124 e. The molecule has 0 aromatic rings. The molecule has 3 atom stereocenters. The summed E-state index contributed by atoms with van der Waals surface area (Å²) in [6, 6.07) is 0. The standard InChI is InChI=1S/C7H8OS/c8-4-5-3-6-1-2-7(5)9-6/h1-2,4-7H,3H2/t5-,6-,7+/m1/s1. The van der Waals surface area contributed by atoms with Crippen LogP contribution in [0, 0.1) is 5.92 Å². The summed E-state index contributed by atoms with van der Waals surface area (Å²) in [5, 5.41) is 1.18. The van der Waals surface area contributed by atoms with E-state index in [0.29, 0.717) is 16.4 Å². The molecule has 0 N–H and O–H groups in total. The summed E-state index contributed by atoms with van der Waals surface area (Å²) in [5.41, 5.74) is 0. The van der Waals surface area contributed by atoms with Crippen molar-refractivity contribution in [3.05, 3.63) is 12.2 Å². The first kappa shape index (κ1) is 5.54. The zero-order valence-corrected chi connectivity index (χ0v) is 5.80. The minimum absolute atomic E-state index is 0.324. The minimum atomic E-state index is 0.324. The minimum Gasteiger partial charge on any atom is -0.303 e. The Hall–Kier alpha value is -0.240. The van der Waals surface area contributed by atoms with Crippen LogP contribution in [0.1, 0.15) is 6.42 Å². The molecule has 0 spiro atoms. The lowest BCUT2D eigenvalue weighted by atomic mass is 9.96. The van der Waals surface area contributed by atoms with Crippen molar-refractivity contribution in [2.75, 3.05) is 0 Å². The van der Waals surface area contributed by atoms with Gasteiger partial charge in [0.05, 0.1) is 0 Å². The number of rotatable bonds is 1. The van der Waals surface area contributed by atoms with Crippen molar-refractivity contribution in [3.63, 3.8) is 0 Å². The first-order valence-corrected chi connectivity index (χ1v) is 4.13. The topological polar surface area (TPSA) is 17.1 Å². The van der Waals surface area contributed by atoms with E-state index < -0.39 is 0 Å². The lowest BCUT2D eigenvalue weighted by Gasteiger charge is -2.06. The van der Waals surface area contributed by atoms with E-state index >= 15 is 0 Å². The highest BCUT2D eigenvalue weighted by atomic mass is 32.2. The normalized spacial score (nSPS) is 46.0. The molecule has 0 radical (unpaired) electrons. The third kappa shape index (κ3) is 0.732. The van der Waals surface area contributed by atoms with Crippen LogP contribution in [-0.2, 0) is 4.79 Å². The van der Waals surface area contributed by atoms with Gasteiger partial charge in [-0.3, -0.25) is 0 Å². The SMILES string of the molecule is O=C[C@H]1C[C@H]2C=C[C@@H]1S2. The van der Waals surface area contributed by atoms with Crippen molar-refractivity contribution in [1.82, 2.24) is 0 Å². The molecule has 0 aromatic heterocycles. The number of thioether (sulfide) groups is 1. The Kier molecular flexibility index (Phi) is 1.15. The van der Waals surface area contributed by atoms with Crippen molar-refractivity contribution < 1.29 is 4.79 Å². The van der Waals surface area contributed by atoms with Gasteiger partial charge in [0, 0.05) is 16.4 Å². The van der Waals surface area contributed by atoms with Gasteiger partial charge in [-0.2, -0.15) is 0 Å². The summed E-state index contributed by atoms with van der Waals surface area (Å²) < 4.78 is 0. The van der Waals surface area contributed by atoms with Crippen molar-refractivity contribution in [1.29, 1.82) is 0 Å². The molecule has 1 saturated heterocycles. The average Bonchev–Trinajstić information content (AvgIpc) is 2.45. The third-order valence-electron chi connectivity index (χ3n) is 1.95. The first-order chi connectivity index (χ1) is 4.40. The lowest BCUT2D eigenvalue weighted by Crippen LogP contribution is -2.12. The van der Waals surface area contributed by atoms with Gasteiger partial charge < -0.3 is 4.79 Å². The van der Waals surface area contributed by atoms with Crippen LogP contribution in [0.3, 0.4) is 0 Å². The Morgan fingerprint density at radius 3 is 2.78 bits per heavy atom. The van der Waals surface area contributed by atoms with Crippen molar-refractivity contribution in [2.24, 2.45) is 5.92 Å². The molecule has 2 bridgehead atoms. The maximum atomic E-state index is 10.3. The molecule has 0 amide bonds. The van der Waals surface area contributed by atoms with E-state index in [9.17, 15) is 4.79 Å². The van der Waals surface area contributed by atoms with Crippen LogP contribution in [0.25, 0.3) is 0 Å². The second-order valence-corrected chi connectivity index (χ2v) is 3.98. The van der Waals surface area contributed by atoms with Gasteiger partial charge in [-0.15, -0.1) is 11.8 Å². The summed E-state index contributed by atoms with van der Waals surface area (Å²) in [7, 11) is 0. The lowest BCUT2D eigenvalue weighted by molar-refractivity contribution is -0.110. The van der Waals surface area contributed by atoms with Gasteiger partial charge in [-0.05, 0) is 6.42 Å². The molecule has 1 nitrogen and oxygen atoms in total. The number of hydrogen-bond donors (Lipinski definition) is 0. The van der Waals surface area contributed by atoms with Crippen LogP contribution in [0.5, 0.6) is 0 Å². The zero-order valence-electron chi connectivity index (χ0n) is 4.99. The molecule has 2 heteroatoms. The molecule has 48 valence electrons. The third-order valence-corrected chi connectivity index (χ3v) is 3.47. The van der Waals surface area contributed by atoms with Crippen molar-refractivity contribution in [2.45, 2.75) is 16.9 Å². The van der Waals surface area contributed by atoms with E-state index in [1.165, 1.54) is 0 Å². The molecule has 2 aliphatic rings. The van der Waals surface area contributed by atoms with Gasteiger partial charge in [-0.25, -0.2) is 0 Å². The highest BCUT2D eigenvalue weighted by Crippen LogP contribution is 2.43. The number of carbonyl (C=O) groups is 1. The fourth-order valence-corrected chi connectivity index (χ4v) is 2.92. The molecule has 2 aliphatic heterocycles. The van der Waals surface area contributed by atoms with E-state index in [-0.39, 0.29) is 0 Å². The second-order valence-electron chi connectivity index (χ2n) is 2.56. The number of aldehydes is 1. The summed E-state index contributed by atoms with van der Waals surface area (Å²) >= 11 is 1.92. The quantitative estimate of drug-likeness (QED) is 0.402. The van der Waals surface area contributed by atoms with Gasteiger partial charge in [0.15, 0.2) is 0 Å². The van der Waals surface area contributed by atoms with Crippen LogP contribution < -0.4 is 0 Å². The summed E-state index contributed by atoms with van der Waals surface area (Å²) in [6.45, 7) is 0. The Labute approximate surface area is 58.5 Å². The van der Waals surface area contributed by atoms with E-state index in [4.69, 9.17) is 0 Å². The van der Waals surface area contributed by atoms with E-state index in [1.54, 1.807) is 0 Å². The van der Waals surface area contributed by atoms with Crippen LogP contribution >= 0.6 is 11.8 Å². The van der Waals surface area contributed by atoms with Gasteiger partial charge in [0.25, 0.3) is 0 Å². The van der Waals surface area contributed by atoms with Crippen molar-refractivity contribution in [3.8, 4) is 0 Å². The van der Waals surface area contributed by atoms with Gasteiger partial charge in [0.1, 0.15) is 6.29 Å². The molecule has 1 fully saturated rings. The molecule has 2 rings (SSSR count). The number of hydrogen-bond acceptors (Lipinski definition) is 2.